The summed E-state index contributed by atoms with van der Waals surface area (Å²) in [5.74, 6) is 0.126. The highest BCUT2D eigenvalue weighted by Gasteiger charge is 2.49. The number of aromatic nitrogens is 2. The lowest BCUT2D eigenvalue weighted by Gasteiger charge is -2.43. The van der Waals surface area contributed by atoms with E-state index in [1.807, 2.05) is 56.6 Å². The van der Waals surface area contributed by atoms with Crippen molar-refractivity contribution in [3.05, 3.63) is 59.7 Å². The van der Waals surface area contributed by atoms with Crippen LogP contribution in [0.2, 0.25) is 0 Å². The molecule has 1 aromatic carbocycles. The Morgan fingerprint density at radius 3 is 2.48 bits per heavy atom. The molecular weight excluding hydrogens is 342 g/mol. The Hall–Kier alpha value is -2.31. The zero-order valence-corrected chi connectivity index (χ0v) is 15.9. The molecule has 0 bridgehead atoms. The van der Waals surface area contributed by atoms with Crippen LogP contribution in [-0.2, 0) is 17.8 Å². The number of nitrogens with zero attached hydrogens (tertiary/aromatic N) is 3. The summed E-state index contributed by atoms with van der Waals surface area (Å²) in [6, 6.07) is 9.52. The molecule has 1 aliphatic heterocycles. The topological polar surface area (TPSA) is 86.5 Å². The van der Waals surface area contributed by atoms with Crippen LogP contribution in [0.1, 0.15) is 43.1 Å². The number of rotatable bonds is 6. The molecule has 144 valence electrons. The summed E-state index contributed by atoms with van der Waals surface area (Å²) in [7, 11) is 0. The van der Waals surface area contributed by atoms with Crippen molar-refractivity contribution in [2.24, 2.45) is 5.41 Å². The summed E-state index contributed by atoms with van der Waals surface area (Å²) >= 11 is 0. The lowest BCUT2D eigenvalue weighted by Crippen LogP contribution is -2.56. The van der Waals surface area contributed by atoms with Crippen LogP contribution >= 0.6 is 0 Å². The number of hydrogen-bond acceptors (Lipinski definition) is 5. The third-order valence-electron chi connectivity index (χ3n) is 5.30. The second-order valence-electron chi connectivity index (χ2n) is 7.74. The van der Waals surface area contributed by atoms with Crippen molar-refractivity contribution in [2.45, 2.75) is 45.3 Å². The lowest BCUT2D eigenvalue weighted by molar-refractivity contribution is -0.163. The molecule has 0 spiro atoms. The van der Waals surface area contributed by atoms with Crippen LogP contribution in [0.25, 0.3) is 0 Å². The number of likely N-dealkylation sites (tertiary alicyclic amines) is 1. The molecule has 0 amide bonds. The summed E-state index contributed by atoms with van der Waals surface area (Å²) in [5.41, 5.74) is 0.665. The number of aliphatic carboxylic acids is 1. The van der Waals surface area contributed by atoms with E-state index < -0.39 is 17.5 Å². The number of carbonyl (C=O) groups is 1. The van der Waals surface area contributed by atoms with E-state index in [9.17, 15) is 15.0 Å². The van der Waals surface area contributed by atoms with Crippen molar-refractivity contribution in [1.82, 2.24) is 14.9 Å². The van der Waals surface area contributed by atoms with Gasteiger partial charge in [-0.3, -0.25) is 9.69 Å². The van der Waals surface area contributed by atoms with E-state index in [1.54, 1.807) is 0 Å². The second-order valence-corrected chi connectivity index (χ2v) is 7.74. The minimum Gasteiger partial charge on any atom is -0.481 e. The van der Waals surface area contributed by atoms with E-state index >= 15 is 0 Å². The van der Waals surface area contributed by atoms with Crippen molar-refractivity contribution >= 4 is 5.97 Å². The van der Waals surface area contributed by atoms with Gasteiger partial charge in [0.05, 0.1) is 6.10 Å². The Labute approximate surface area is 159 Å². The van der Waals surface area contributed by atoms with Crippen LogP contribution < -0.4 is 0 Å². The Morgan fingerprint density at radius 2 is 1.89 bits per heavy atom. The minimum atomic E-state index is -1.21. The van der Waals surface area contributed by atoms with E-state index in [0.717, 1.165) is 17.0 Å². The number of aliphatic hydroxyl groups is 1. The highest BCUT2D eigenvalue weighted by molar-refractivity contribution is 5.76. The molecule has 2 atom stereocenters. The van der Waals surface area contributed by atoms with E-state index in [1.165, 1.54) is 0 Å². The third kappa shape index (κ3) is 4.34. The molecule has 2 heterocycles. The molecule has 3 rings (SSSR count). The molecule has 2 N–H and O–H groups in total. The third-order valence-corrected chi connectivity index (χ3v) is 5.30. The number of carboxylic acid groups (broad SMARTS) is 1. The molecule has 0 aliphatic carbocycles. The largest absolute Gasteiger partial charge is 0.481 e. The van der Waals surface area contributed by atoms with E-state index in [2.05, 4.69) is 14.9 Å². The summed E-state index contributed by atoms with van der Waals surface area (Å²) in [6.45, 7) is 5.62. The van der Waals surface area contributed by atoms with E-state index in [-0.39, 0.29) is 5.92 Å². The smallest absolute Gasteiger partial charge is 0.313 e. The van der Waals surface area contributed by atoms with Gasteiger partial charge in [0.25, 0.3) is 0 Å². The Kier molecular flexibility index (Phi) is 5.87. The first-order chi connectivity index (χ1) is 12.9. The fourth-order valence-corrected chi connectivity index (χ4v) is 3.72. The van der Waals surface area contributed by atoms with Crippen LogP contribution in [0.15, 0.2) is 42.7 Å². The van der Waals surface area contributed by atoms with Gasteiger partial charge in [-0.2, -0.15) is 0 Å². The molecule has 6 nitrogen and oxygen atoms in total. The fourth-order valence-electron chi connectivity index (χ4n) is 3.72. The Bertz CT molecular complexity index is 764. The van der Waals surface area contributed by atoms with Crippen molar-refractivity contribution < 1.29 is 15.0 Å². The van der Waals surface area contributed by atoms with Crippen molar-refractivity contribution in [3.8, 4) is 0 Å². The summed E-state index contributed by atoms with van der Waals surface area (Å²) in [4.78, 5) is 23.1. The van der Waals surface area contributed by atoms with Gasteiger partial charge >= 0.3 is 5.97 Å². The Balaban J connectivity index is 1.77. The SMILES string of the molecule is CC(C)c1ncc(CN2CC[C@H](O)[C@@](Cc3ccccc3)(C(=O)O)C2)cn1. The highest BCUT2D eigenvalue weighted by atomic mass is 16.4. The molecule has 1 aliphatic rings. The fraction of sp³-hybridized carbons (Fsp3) is 0.476. The number of hydrogen-bond donors (Lipinski definition) is 2. The molecule has 1 fully saturated rings. The van der Waals surface area contributed by atoms with Gasteiger partial charge < -0.3 is 10.2 Å². The average Bonchev–Trinajstić information content (AvgIpc) is 2.65. The molecule has 0 radical (unpaired) electrons. The molecule has 2 aromatic rings. The summed E-state index contributed by atoms with van der Waals surface area (Å²) in [6.07, 6.45) is 3.50. The predicted molar refractivity (Wildman–Crippen MR) is 102 cm³/mol. The Morgan fingerprint density at radius 1 is 1.22 bits per heavy atom. The maximum Gasteiger partial charge on any atom is 0.313 e. The molecule has 1 saturated heterocycles. The van der Waals surface area contributed by atoms with Crippen LogP contribution in [-0.4, -0.2) is 50.2 Å². The molecule has 1 aromatic heterocycles. The van der Waals surface area contributed by atoms with Crippen molar-refractivity contribution in [3.63, 3.8) is 0 Å². The van der Waals surface area contributed by atoms with Gasteiger partial charge in [-0.05, 0) is 18.4 Å². The minimum absolute atomic E-state index is 0.273. The van der Waals surface area contributed by atoms with Gasteiger partial charge in [-0.1, -0.05) is 44.2 Å². The highest BCUT2D eigenvalue weighted by Crippen LogP contribution is 2.35. The van der Waals surface area contributed by atoms with Gasteiger partial charge in [0.1, 0.15) is 11.2 Å². The quantitative estimate of drug-likeness (QED) is 0.813. The molecule has 6 heteroatoms. The number of benzene rings is 1. The van der Waals surface area contributed by atoms with Crippen molar-refractivity contribution in [2.75, 3.05) is 13.1 Å². The predicted octanol–water partition coefficient (Wildman–Crippen LogP) is 2.48. The average molecular weight is 369 g/mol. The number of carboxylic acids is 1. The number of piperidine rings is 1. The van der Waals surface area contributed by atoms with Crippen LogP contribution in [0.3, 0.4) is 0 Å². The second kappa shape index (κ2) is 8.15. The van der Waals surface area contributed by atoms with Crippen LogP contribution in [0.5, 0.6) is 0 Å². The monoisotopic (exact) mass is 369 g/mol. The molecular formula is C21H27N3O3. The lowest BCUT2D eigenvalue weighted by atomic mass is 9.73. The summed E-state index contributed by atoms with van der Waals surface area (Å²) in [5, 5.41) is 20.6. The van der Waals surface area contributed by atoms with Gasteiger partial charge in [0.15, 0.2) is 0 Å². The molecule has 27 heavy (non-hydrogen) atoms. The van der Waals surface area contributed by atoms with Gasteiger partial charge in [-0.15, -0.1) is 0 Å². The van der Waals surface area contributed by atoms with Crippen LogP contribution in [0, 0.1) is 5.41 Å². The first kappa shape index (κ1) is 19.5. The van der Waals surface area contributed by atoms with Crippen molar-refractivity contribution in [1.29, 1.82) is 0 Å². The maximum atomic E-state index is 12.2. The van der Waals surface area contributed by atoms with E-state index in [0.29, 0.717) is 32.5 Å². The van der Waals surface area contributed by atoms with Gasteiger partial charge in [0, 0.05) is 43.5 Å². The number of aliphatic hydroxyl groups excluding tert-OH is 1. The van der Waals surface area contributed by atoms with Gasteiger partial charge in [-0.25, -0.2) is 9.97 Å². The standard InChI is InChI=1S/C21H27N3O3/c1-15(2)19-22-11-17(12-23-19)13-24-9-8-18(25)21(14-24,20(26)27)10-16-6-4-3-5-7-16/h3-7,11-12,15,18,25H,8-10,13-14H2,1-2H3,(H,26,27)/t18-,21-/m0/s1. The zero-order valence-electron chi connectivity index (χ0n) is 15.9. The van der Waals surface area contributed by atoms with Gasteiger partial charge in [0.2, 0.25) is 0 Å². The summed E-state index contributed by atoms with van der Waals surface area (Å²) < 4.78 is 0. The normalized spacial score (nSPS) is 23.5. The maximum absolute atomic E-state index is 12.2. The van der Waals surface area contributed by atoms with Crippen LogP contribution in [0.4, 0.5) is 0 Å². The molecule has 0 saturated carbocycles. The molecule has 0 unspecified atom stereocenters. The zero-order chi connectivity index (χ0) is 19.4. The first-order valence-electron chi connectivity index (χ1n) is 9.39. The first-order valence-corrected chi connectivity index (χ1v) is 9.39. The van der Waals surface area contributed by atoms with E-state index in [4.69, 9.17) is 0 Å².